The van der Waals surface area contributed by atoms with E-state index in [1.165, 1.54) is 0 Å². The Morgan fingerprint density at radius 3 is 2.74 bits per heavy atom. The Morgan fingerprint density at radius 2 is 2.09 bits per heavy atom. The summed E-state index contributed by atoms with van der Waals surface area (Å²) in [7, 11) is 1.60. The molecule has 122 valence electrons. The van der Waals surface area contributed by atoms with Gasteiger partial charge in [0.15, 0.2) is 11.5 Å². The average molecular weight is 397 g/mol. The molecule has 0 spiro atoms. The van der Waals surface area contributed by atoms with Gasteiger partial charge in [-0.2, -0.15) is 0 Å². The van der Waals surface area contributed by atoms with Crippen LogP contribution in [0.2, 0.25) is 5.02 Å². The van der Waals surface area contributed by atoms with Crippen molar-refractivity contribution in [3.8, 4) is 11.5 Å². The van der Waals surface area contributed by atoms with Gasteiger partial charge in [0.1, 0.15) is 0 Å². The molecule has 5 heteroatoms. The lowest BCUT2D eigenvalue weighted by Gasteiger charge is -2.17. The van der Waals surface area contributed by atoms with Crippen LogP contribution in [0.15, 0.2) is 45.9 Å². The van der Waals surface area contributed by atoms with E-state index < -0.39 is 0 Å². The molecule has 0 unspecified atom stereocenters. The van der Waals surface area contributed by atoms with E-state index in [2.05, 4.69) is 27.8 Å². The zero-order valence-corrected chi connectivity index (χ0v) is 15.7. The van der Waals surface area contributed by atoms with Crippen molar-refractivity contribution in [1.82, 2.24) is 0 Å². The summed E-state index contributed by atoms with van der Waals surface area (Å²) in [5.41, 5.74) is 1.71. The fourth-order valence-electron chi connectivity index (χ4n) is 1.92. The van der Waals surface area contributed by atoms with Crippen LogP contribution in [-0.4, -0.2) is 19.4 Å². The highest BCUT2D eigenvalue weighted by Gasteiger charge is 2.13. The van der Waals surface area contributed by atoms with Gasteiger partial charge in [0, 0.05) is 10.7 Å². The van der Waals surface area contributed by atoms with Crippen LogP contribution in [0, 0.1) is 0 Å². The topological polar surface area (TPSA) is 30.8 Å². The summed E-state index contributed by atoms with van der Waals surface area (Å²) in [5.74, 6) is 1.18. The summed E-state index contributed by atoms with van der Waals surface area (Å²) >= 11 is 9.78. The first kappa shape index (κ1) is 17.8. The molecule has 0 aromatic heterocycles. The maximum Gasteiger partial charge on any atom is 0.180 e. The van der Waals surface area contributed by atoms with Crippen molar-refractivity contribution in [2.45, 2.75) is 26.4 Å². The van der Waals surface area contributed by atoms with Crippen molar-refractivity contribution in [3.05, 3.63) is 51.5 Å². The van der Waals surface area contributed by atoms with Crippen LogP contribution in [0.1, 0.15) is 25.8 Å². The van der Waals surface area contributed by atoms with Crippen molar-refractivity contribution in [2.75, 3.05) is 7.11 Å². The van der Waals surface area contributed by atoms with Crippen molar-refractivity contribution in [1.29, 1.82) is 0 Å². The van der Waals surface area contributed by atoms with Gasteiger partial charge in [0.2, 0.25) is 0 Å². The second-order valence-electron chi connectivity index (χ2n) is 5.11. The normalized spacial score (nSPS) is 12.4. The minimum atomic E-state index is 0.0718. The lowest BCUT2D eigenvalue weighted by Crippen LogP contribution is -2.11. The van der Waals surface area contributed by atoms with Crippen LogP contribution in [0.5, 0.6) is 11.5 Å². The Hall–Kier alpha value is -1.52. The lowest BCUT2D eigenvalue weighted by molar-refractivity contribution is 0.208. The largest absolute Gasteiger partial charge is 0.493 e. The van der Waals surface area contributed by atoms with Gasteiger partial charge in [0.25, 0.3) is 0 Å². The predicted octanol–water partition coefficient (Wildman–Crippen LogP) is 6.04. The van der Waals surface area contributed by atoms with Crippen LogP contribution in [0.25, 0.3) is 0 Å². The Kier molecular flexibility index (Phi) is 6.48. The van der Waals surface area contributed by atoms with Gasteiger partial charge in [-0.1, -0.05) is 40.5 Å². The zero-order chi connectivity index (χ0) is 16.8. The number of rotatable bonds is 6. The lowest BCUT2D eigenvalue weighted by atomic mass is 10.2. The van der Waals surface area contributed by atoms with E-state index in [9.17, 15) is 0 Å². The van der Waals surface area contributed by atoms with Crippen LogP contribution < -0.4 is 9.47 Å². The summed E-state index contributed by atoms with van der Waals surface area (Å²) in [6.07, 6.45) is 2.72. The molecular formula is C18H19BrClNO2. The summed E-state index contributed by atoms with van der Waals surface area (Å²) in [4.78, 5) is 4.45. The van der Waals surface area contributed by atoms with E-state index in [1.807, 2.05) is 43.3 Å². The van der Waals surface area contributed by atoms with Crippen LogP contribution >= 0.6 is 27.5 Å². The maximum atomic E-state index is 6.35. The van der Waals surface area contributed by atoms with Gasteiger partial charge in [0.05, 0.1) is 23.9 Å². The molecule has 3 nitrogen and oxygen atoms in total. The quantitative estimate of drug-likeness (QED) is 0.557. The third-order valence-corrected chi connectivity index (χ3v) is 4.09. The highest BCUT2D eigenvalue weighted by Crippen LogP contribution is 2.37. The third kappa shape index (κ3) is 4.98. The second-order valence-corrected chi connectivity index (χ2v) is 6.43. The fraction of sp³-hybridized carbons (Fsp3) is 0.278. The number of aliphatic imine (C=N–C) groups is 1. The molecular weight excluding hydrogens is 378 g/mol. The maximum absolute atomic E-state index is 6.35. The summed E-state index contributed by atoms with van der Waals surface area (Å²) in [6, 6.07) is 11.5. The van der Waals surface area contributed by atoms with Gasteiger partial charge < -0.3 is 9.47 Å². The molecule has 2 aromatic rings. The molecule has 0 bridgehead atoms. The molecule has 0 heterocycles. The molecule has 2 rings (SSSR count). The van der Waals surface area contributed by atoms with Gasteiger partial charge in [-0.05, 0) is 49.2 Å². The summed E-state index contributed by atoms with van der Waals surface area (Å²) < 4.78 is 12.2. The van der Waals surface area contributed by atoms with Crippen molar-refractivity contribution in [2.24, 2.45) is 4.99 Å². The Labute approximate surface area is 150 Å². The molecule has 0 aliphatic carbocycles. The molecule has 0 aliphatic heterocycles. The van der Waals surface area contributed by atoms with E-state index in [4.69, 9.17) is 21.1 Å². The molecule has 0 amide bonds. The first-order valence-corrected chi connectivity index (χ1v) is 8.54. The molecule has 2 aromatic carbocycles. The third-order valence-electron chi connectivity index (χ3n) is 3.32. The van der Waals surface area contributed by atoms with E-state index in [-0.39, 0.29) is 6.10 Å². The molecule has 0 fully saturated rings. The molecule has 0 saturated carbocycles. The van der Waals surface area contributed by atoms with Crippen LogP contribution in [0.4, 0.5) is 5.69 Å². The highest BCUT2D eigenvalue weighted by atomic mass is 79.9. The molecule has 0 aliphatic rings. The Morgan fingerprint density at radius 1 is 1.30 bits per heavy atom. The van der Waals surface area contributed by atoms with Gasteiger partial charge in [-0.15, -0.1) is 0 Å². The predicted molar refractivity (Wildman–Crippen MR) is 99.8 cm³/mol. The van der Waals surface area contributed by atoms with Gasteiger partial charge in [-0.25, -0.2) is 0 Å². The first-order chi connectivity index (χ1) is 11.0. The summed E-state index contributed by atoms with van der Waals surface area (Å²) in [5, 5.41) is 0.514. The Bertz CT molecular complexity index is 703. The number of benzene rings is 2. The number of hydrogen-bond acceptors (Lipinski definition) is 3. The summed E-state index contributed by atoms with van der Waals surface area (Å²) in [6.45, 7) is 4.06. The number of methoxy groups -OCH3 is 1. The van der Waals surface area contributed by atoms with Crippen molar-refractivity contribution >= 4 is 39.4 Å². The van der Waals surface area contributed by atoms with Crippen LogP contribution in [-0.2, 0) is 0 Å². The molecule has 0 saturated heterocycles. The molecule has 1 atom stereocenters. The van der Waals surface area contributed by atoms with Gasteiger partial charge >= 0.3 is 0 Å². The number of hydrogen-bond donors (Lipinski definition) is 0. The Balaban J connectivity index is 2.28. The molecule has 23 heavy (non-hydrogen) atoms. The molecule has 0 radical (unpaired) electrons. The van der Waals surface area contributed by atoms with E-state index in [0.717, 1.165) is 22.1 Å². The minimum absolute atomic E-state index is 0.0718. The van der Waals surface area contributed by atoms with E-state index in [0.29, 0.717) is 16.5 Å². The second kappa shape index (κ2) is 8.37. The number of nitrogens with zero attached hydrogens (tertiary/aromatic N) is 1. The monoisotopic (exact) mass is 395 g/mol. The van der Waals surface area contributed by atoms with E-state index in [1.54, 1.807) is 13.3 Å². The first-order valence-electron chi connectivity index (χ1n) is 7.37. The highest BCUT2D eigenvalue weighted by molar-refractivity contribution is 9.10. The average Bonchev–Trinajstić information content (AvgIpc) is 2.54. The number of ether oxygens (including phenoxy) is 2. The fourth-order valence-corrected chi connectivity index (χ4v) is 2.57. The smallest absolute Gasteiger partial charge is 0.180 e. The molecule has 0 N–H and O–H groups in total. The SMILES string of the molecule is CC[C@H](C)Oc1c(Cl)cc(C=Nc2cccc(Br)c2)cc1OC. The minimum Gasteiger partial charge on any atom is -0.493 e. The van der Waals surface area contributed by atoms with Gasteiger partial charge in [-0.3, -0.25) is 4.99 Å². The van der Waals surface area contributed by atoms with Crippen molar-refractivity contribution in [3.63, 3.8) is 0 Å². The standard InChI is InChI=1S/C18H19BrClNO2/c1-4-12(2)23-18-16(20)8-13(9-17(18)22-3)11-21-15-7-5-6-14(19)10-15/h5-12H,4H2,1-3H3/t12-/m0/s1. The zero-order valence-electron chi connectivity index (χ0n) is 13.3. The van der Waals surface area contributed by atoms with E-state index >= 15 is 0 Å². The van der Waals surface area contributed by atoms with Crippen molar-refractivity contribution < 1.29 is 9.47 Å². The number of halogens is 2. The van der Waals surface area contributed by atoms with Crippen LogP contribution in [0.3, 0.4) is 0 Å².